The second-order valence-electron chi connectivity index (χ2n) is 4.98. The molecule has 3 N–H and O–H groups in total. The Kier molecular flexibility index (Phi) is 5.70. The van der Waals surface area contributed by atoms with Gasteiger partial charge in [0.25, 0.3) is 0 Å². The Bertz CT molecular complexity index is 460. The topological polar surface area (TPSA) is 63.4 Å². The molecule has 1 aromatic rings. The Morgan fingerprint density at radius 2 is 2.20 bits per heavy atom. The van der Waals surface area contributed by atoms with Crippen LogP contribution in [0.2, 0.25) is 0 Å². The fraction of sp³-hybridized carbons (Fsp3) is 0.571. The summed E-state index contributed by atoms with van der Waals surface area (Å²) < 4.78 is 5.33. The largest absolute Gasteiger partial charge is 0.389 e. The van der Waals surface area contributed by atoms with E-state index in [4.69, 9.17) is 22.7 Å². The number of aryl methyl sites for hydroxylation is 1. The molecule has 1 aliphatic heterocycles. The van der Waals surface area contributed by atoms with Crippen LogP contribution in [-0.4, -0.2) is 54.3 Å². The van der Waals surface area contributed by atoms with E-state index < -0.39 is 0 Å². The predicted octanol–water partition coefficient (Wildman–Crippen LogP) is 1.16. The Morgan fingerprint density at radius 1 is 1.45 bits per heavy atom. The van der Waals surface area contributed by atoms with Gasteiger partial charge < -0.3 is 15.8 Å². The highest BCUT2D eigenvalue weighted by atomic mass is 32.1. The first-order chi connectivity index (χ1) is 9.65. The van der Waals surface area contributed by atoms with Crippen molar-refractivity contribution >= 4 is 23.0 Å². The van der Waals surface area contributed by atoms with E-state index in [2.05, 4.69) is 15.2 Å². The quantitative estimate of drug-likeness (QED) is 0.606. The number of aromatic nitrogens is 1. The molecule has 2 rings (SSSR count). The molecule has 0 spiro atoms. The van der Waals surface area contributed by atoms with Crippen molar-refractivity contribution in [1.82, 2.24) is 9.88 Å². The van der Waals surface area contributed by atoms with Gasteiger partial charge in [0.15, 0.2) is 0 Å². The summed E-state index contributed by atoms with van der Waals surface area (Å²) in [5.74, 6) is 0.842. The van der Waals surface area contributed by atoms with Crippen LogP contribution >= 0.6 is 12.2 Å². The van der Waals surface area contributed by atoms with Gasteiger partial charge >= 0.3 is 0 Å². The second kappa shape index (κ2) is 7.52. The number of nitrogens with zero attached hydrogens (tertiary/aromatic N) is 2. The summed E-state index contributed by atoms with van der Waals surface area (Å²) >= 11 is 5.01. The van der Waals surface area contributed by atoms with Crippen molar-refractivity contribution < 1.29 is 4.74 Å². The van der Waals surface area contributed by atoms with Crippen LogP contribution in [0.3, 0.4) is 0 Å². The number of thiocarbonyl (C=S) groups is 1. The van der Waals surface area contributed by atoms with Crippen LogP contribution in [0.4, 0.5) is 5.82 Å². The fourth-order valence-electron chi connectivity index (χ4n) is 2.25. The second-order valence-corrected chi connectivity index (χ2v) is 5.42. The summed E-state index contributed by atoms with van der Waals surface area (Å²) in [6.45, 7) is 7.70. The van der Waals surface area contributed by atoms with E-state index in [9.17, 15) is 0 Å². The third-order valence-electron chi connectivity index (χ3n) is 3.30. The van der Waals surface area contributed by atoms with Gasteiger partial charge in [0.05, 0.1) is 13.2 Å². The fourth-order valence-corrected chi connectivity index (χ4v) is 2.36. The van der Waals surface area contributed by atoms with Crippen LogP contribution in [-0.2, 0) is 4.74 Å². The van der Waals surface area contributed by atoms with E-state index in [0.717, 1.165) is 62.9 Å². The molecule has 0 saturated carbocycles. The van der Waals surface area contributed by atoms with Gasteiger partial charge in [-0.1, -0.05) is 12.2 Å². The Morgan fingerprint density at radius 3 is 2.90 bits per heavy atom. The van der Waals surface area contributed by atoms with Gasteiger partial charge in [-0.15, -0.1) is 0 Å². The van der Waals surface area contributed by atoms with Crippen LogP contribution in [0.15, 0.2) is 12.1 Å². The smallest absolute Gasteiger partial charge is 0.126 e. The lowest BCUT2D eigenvalue weighted by Crippen LogP contribution is -2.37. The maximum absolute atomic E-state index is 5.66. The van der Waals surface area contributed by atoms with Gasteiger partial charge in [-0.05, 0) is 32.0 Å². The average molecular weight is 294 g/mol. The van der Waals surface area contributed by atoms with Crippen molar-refractivity contribution in [1.29, 1.82) is 0 Å². The first kappa shape index (κ1) is 15.2. The van der Waals surface area contributed by atoms with Gasteiger partial charge in [-0.3, -0.25) is 4.90 Å². The van der Waals surface area contributed by atoms with Crippen molar-refractivity contribution in [3.8, 4) is 0 Å². The van der Waals surface area contributed by atoms with Crippen molar-refractivity contribution in [3.05, 3.63) is 23.4 Å². The molecule has 110 valence electrons. The summed E-state index contributed by atoms with van der Waals surface area (Å²) in [6.07, 6.45) is 1.08. The minimum absolute atomic E-state index is 0.409. The number of nitrogens with one attached hydrogen (secondary N) is 1. The Labute approximate surface area is 125 Å². The Balaban J connectivity index is 1.77. The van der Waals surface area contributed by atoms with Crippen LogP contribution in [0.5, 0.6) is 0 Å². The molecular formula is C14H22N4OS. The molecule has 1 saturated heterocycles. The summed E-state index contributed by atoms with van der Waals surface area (Å²) in [7, 11) is 0. The third-order valence-corrected chi connectivity index (χ3v) is 3.53. The normalized spacial score (nSPS) is 16.1. The van der Waals surface area contributed by atoms with E-state index >= 15 is 0 Å². The molecular weight excluding hydrogens is 272 g/mol. The lowest BCUT2D eigenvalue weighted by molar-refractivity contribution is 0.0378. The predicted molar refractivity (Wildman–Crippen MR) is 85.2 cm³/mol. The van der Waals surface area contributed by atoms with E-state index in [1.807, 2.05) is 19.1 Å². The zero-order valence-corrected chi connectivity index (χ0v) is 12.7. The molecule has 0 unspecified atom stereocenters. The molecule has 5 nitrogen and oxygen atoms in total. The van der Waals surface area contributed by atoms with E-state index in [1.165, 1.54) is 0 Å². The summed E-state index contributed by atoms with van der Waals surface area (Å²) in [5.41, 5.74) is 7.45. The number of pyridine rings is 1. The molecule has 2 heterocycles. The highest BCUT2D eigenvalue weighted by Crippen LogP contribution is 2.10. The highest BCUT2D eigenvalue weighted by molar-refractivity contribution is 7.80. The van der Waals surface area contributed by atoms with Gasteiger partial charge in [0.2, 0.25) is 0 Å². The first-order valence-electron chi connectivity index (χ1n) is 6.97. The SMILES string of the molecule is Cc1cc(C(N)=S)cc(NCCCN2CCOCC2)n1. The number of ether oxygens (including phenoxy) is 1. The minimum Gasteiger partial charge on any atom is -0.389 e. The Hall–Kier alpha value is -1.24. The molecule has 1 aromatic heterocycles. The average Bonchev–Trinajstić information content (AvgIpc) is 2.44. The maximum Gasteiger partial charge on any atom is 0.126 e. The van der Waals surface area contributed by atoms with Crippen LogP contribution < -0.4 is 11.1 Å². The molecule has 0 bridgehead atoms. The minimum atomic E-state index is 0.409. The molecule has 20 heavy (non-hydrogen) atoms. The van der Waals surface area contributed by atoms with Crippen LogP contribution in [0, 0.1) is 6.92 Å². The van der Waals surface area contributed by atoms with Gasteiger partial charge in [0.1, 0.15) is 10.8 Å². The summed E-state index contributed by atoms with van der Waals surface area (Å²) in [5, 5.41) is 3.34. The molecule has 1 aliphatic rings. The number of rotatable bonds is 6. The summed E-state index contributed by atoms with van der Waals surface area (Å²) in [4.78, 5) is 7.28. The molecule has 0 radical (unpaired) electrons. The van der Waals surface area contributed by atoms with E-state index in [-0.39, 0.29) is 0 Å². The van der Waals surface area contributed by atoms with Gasteiger partial charge in [-0.25, -0.2) is 4.98 Å². The number of morpholine rings is 1. The van der Waals surface area contributed by atoms with Crippen molar-refractivity contribution in [2.75, 3.05) is 44.7 Å². The summed E-state index contributed by atoms with van der Waals surface area (Å²) in [6, 6.07) is 3.81. The van der Waals surface area contributed by atoms with Crippen LogP contribution in [0.1, 0.15) is 17.7 Å². The number of hydrogen-bond donors (Lipinski definition) is 2. The molecule has 0 amide bonds. The van der Waals surface area contributed by atoms with E-state index in [1.54, 1.807) is 0 Å². The first-order valence-corrected chi connectivity index (χ1v) is 7.38. The van der Waals surface area contributed by atoms with Crippen LogP contribution in [0.25, 0.3) is 0 Å². The number of nitrogens with two attached hydrogens (primary N) is 1. The molecule has 0 aromatic carbocycles. The van der Waals surface area contributed by atoms with Crippen molar-refractivity contribution in [3.63, 3.8) is 0 Å². The molecule has 0 atom stereocenters. The lowest BCUT2D eigenvalue weighted by Gasteiger charge is -2.26. The zero-order valence-electron chi connectivity index (χ0n) is 11.9. The van der Waals surface area contributed by atoms with Crippen molar-refractivity contribution in [2.45, 2.75) is 13.3 Å². The molecule has 0 aliphatic carbocycles. The monoisotopic (exact) mass is 294 g/mol. The number of anilines is 1. The van der Waals surface area contributed by atoms with Crippen molar-refractivity contribution in [2.24, 2.45) is 5.73 Å². The lowest BCUT2D eigenvalue weighted by atomic mass is 10.2. The number of hydrogen-bond acceptors (Lipinski definition) is 5. The third kappa shape index (κ3) is 4.70. The maximum atomic E-state index is 5.66. The highest BCUT2D eigenvalue weighted by Gasteiger charge is 2.09. The van der Waals surface area contributed by atoms with Gasteiger partial charge in [-0.2, -0.15) is 0 Å². The molecule has 6 heteroatoms. The standard InChI is InChI=1S/C14H22N4OS/c1-11-9-12(14(15)20)10-13(17-11)16-3-2-4-18-5-7-19-8-6-18/h9-10H,2-8H2,1H3,(H2,15,20)(H,16,17). The zero-order chi connectivity index (χ0) is 14.4. The van der Waals surface area contributed by atoms with E-state index in [0.29, 0.717) is 4.99 Å². The molecule has 1 fully saturated rings. The van der Waals surface area contributed by atoms with Gasteiger partial charge in [0, 0.05) is 30.9 Å².